The predicted octanol–water partition coefficient (Wildman–Crippen LogP) is 2.41. The van der Waals surface area contributed by atoms with Gasteiger partial charge in [-0.15, -0.1) is 4.83 Å². The zero-order chi connectivity index (χ0) is 18.8. The molecule has 0 unspecified atom stereocenters. The monoisotopic (exact) mass is 377 g/mol. The lowest BCUT2D eigenvalue weighted by Gasteiger charge is -2.36. The number of hydrogen-bond donors (Lipinski definition) is 3. The van der Waals surface area contributed by atoms with Crippen molar-refractivity contribution in [2.24, 2.45) is 0 Å². The summed E-state index contributed by atoms with van der Waals surface area (Å²) in [6.45, 7) is 2.78. The Hall–Kier alpha value is -1.95. The molecule has 1 aromatic carbocycles. The van der Waals surface area contributed by atoms with Crippen LogP contribution in [0.15, 0.2) is 47.6 Å². The van der Waals surface area contributed by atoms with E-state index in [0.717, 1.165) is 5.32 Å². The Bertz CT molecular complexity index is 671. The van der Waals surface area contributed by atoms with Crippen LogP contribution in [0.5, 0.6) is 0 Å². The van der Waals surface area contributed by atoms with Crippen LogP contribution in [-0.2, 0) is 10.0 Å². The highest BCUT2D eigenvalue weighted by Gasteiger charge is 2.68. The minimum atomic E-state index is -5.70. The highest BCUT2D eigenvalue weighted by atomic mass is 32.2. The van der Waals surface area contributed by atoms with Gasteiger partial charge in [0, 0.05) is 0 Å². The molecule has 0 radical (unpaired) electrons. The Labute approximate surface area is 133 Å². The highest BCUT2D eigenvalue weighted by molar-refractivity contribution is 7.89. The smallest absolute Gasteiger partial charge is 0.350 e. The fraction of sp³-hybridized carbons (Fsp3) is 0.333. The second-order valence-corrected chi connectivity index (χ2v) is 6.45. The van der Waals surface area contributed by atoms with Gasteiger partial charge >= 0.3 is 12.4 Å². The molecule has 0 aliphatic heterocycles. The molecule has 0 aromatic heterocycles. The summed E-state index contributed by atoms with van der Waals surface area (Å²) in [5.41, 5.74) is -2.64. The Balaban J connectivity index is 2.86. The molecule has 0 heterocycles. The van der Waals surface area contributed by atoms with E-state index in [1.165, 1.54) is 30.3 Å². The average Bonchev–Trinajstić information content (AvgIpc) is 2.44. The van der Waals surface area contributed by atoms with E-state index in [2.05, 4.69) is 6.58 Å². The molecule has 12 heteroatoms. The average molecular weight is 377 g/mol. The normalized spacial score (nSPS) is 13.5. The van der Waals surface area contributed by atoms with Gasteiger partial charge in [0.2, 0.25) is 5.54 Å². The molecule has 0 atom stereocenters. The maximum absolute atomic E-state index is 12.7. The molecular weight excluding hydrogens is 364 g/mol. The molecule has 136 valence electrons. The van der Waals surface area contributed by atoms with Crippen LogP contribution in [0.25, 0.3) is 0 Å². The van der Waals surface area contributed by atoms with E-state index in [0.29, 0.717) is 0 Å². The number of hydrogen-bond acceptors (Lipinski definition) is 4. The van der Waals surface area contributed by atoms with Gasteiger partial charge in [-0.05, 0) is 19.1 Å². The van der Waals surface area contributed by atoms with E-state index in [9.17, 15) is 34.8 Å². The first-order chi connectivity index (χ1) is 10.7. The third-order valence-electron chi connectivity index (χ3n) is 2.92. The van der Waals surface area contributed by atoms with Crippen molar-refractivity contribution in [3.05, 3.63) is 42.7 Å². The summed E-state index contributed by atoms with van der Waals surface area (Å²) in [4.78, 5) is 1.38. The maximum Gasteiger partial charge on any atom is 0.420 e. The standard InChI is InChI=1S/C12H13F6N3O2S/c1-8(19-10(2,11(13,14)15)12(16,17)18)20-21-24(22,23)9-6-4-3-5-7-9/h3-7,19-21H,1H2,2H3. The highest BCUT2D eigenvalue weighted by Crippen LogP contribution is 2.42. The molecule has 1 rings (SSSR count). The summed E-state index contributed by atoms with van der Waals surface area (Å²) >= 11 is 0. The molecule has 24 heavy (non-hydrogen) atoms. The van der Waals surface area contributed by atoms with Gasteiger partial charge < -0.3 is 5.32 Å². The van der Waals surface area contributed by atoms with Crippen molar-refractivity contribution in [1.82, 2.24) is 15.6 Å². The second-order valence-electron chi connectivity index (χ2n) is 4.77. The molecule has 0 aliphatic rings. The number of sulfonamides is 1. The van der Waals surface area contributed by atoms with Crippen molar-refractivity contribution in [2.45, 2.75) is 29.7 Å². The van der Waals surface area contributed by atoms with E-state index in [4.69, 9.17) is 0 Å². The van der Waals surface area contributed by atoms with Gasteiger partial charge in [0.15, 0.2) is 0 Å². The van der Waals surface area contributed by atoms with E-state index in [1.54, 1.807) is 10.3 Å². The van der Waals surface area contributed by atoms with Crippen LogP contribution in [0.2, 0.25) is 0 Å². The summed E-state index contributed by atoms with van der Waals surface area (Å²) in [6, 6.07) is 6.63. The lowest BCUT2D eigenvalue weighted by atomic mass is 10.0. The first-order valence-corrected chi connectivity index (χ1v) is 7.62. The summed E-state index contributed by atoms with van der Waals surface area (Å²) in [7, 11) is -4.21. The van der Waals surface area contributed by atoms with Crippen LogP contribution in [-0.4, -0.2) is 26.3 Å². The SMILES string of the molecule is C=C(NNS(=O)(=O)c1ccccc1)NC(C)(C(F)(F)F)C(F)(F)F. The third-order valence-corrected chi connectivity index (χ3v) is 4.19. The summed E-state index contributed by atoms with van der Waals surface area (Å²) in [5, 5.41) is 1.11. The molecular formula is C12H13F6N3O2S. The zero-order valence-corrected chi connectivity index (χ0v) is 12.9. The fourth-order valence-corrected chi connectivity index (χ4v) is 2.31. The minimum absolute atomic E-state index is 0.133. The molecule has 0 aliphatic carbocycles. The number of benzene rings is 1. The van der Waals surface area contributed by atoms with Crippen LogP contribution < -0.4 is 15.6 Å². The number of rotatable bonds is 6. The number of hydrazine groups is 1. The molecule has 0 bridgehead atoms. The second kappa shape index (κ2) is 6.51. The quantitative estimate of drug-likeness (QED) is 0.526. The van der Waals surface area contributed by atoms with E-state index >= 15 is 0 Å². The van der Waals surface area contributed by atoms with Crippen molar-refractivity contribution in [2.75, 3.05) is 0 Å². The van der Waals surface area contributed by atoms with Gasteiger partial charge in [-0.2, -0.15) is 26.3 Å². The molecule has 0 fully saturated rings. The topological polar surface area (TPSA) is 70.2 Å². The third kappa shape index (κ3) is 4.32. The lowest BCUT2D eigenvalue weighted by Crippen LogP contribution is -2.65. The Morgan fingerprint density at radius 2 is 1.46 bits per heavy atom. The van der Waals surface area contributed by atoms with Gasteiger partial charge in [0.25, 0.3) is 10.0 Å². The summed E-state index contributed by atoms with van der Waals surface area (Å²) in [5.74, 6) is -1.04. The number of alkyl halides is 6. The van der Waals surface area contributed by atoms with Crippen LogP contribution in [0.4, 0.5) is 26.3 Å². The van der Waals surface area contributed by atoms with Crippen LogP contribution in [0.3, 0.4) is 0 Å². The Morgan fingerprint density at radius 1 is 1.00 bits per heavy atom. The Morgan fingerprint density at radius 3 is 1.88 bits per heavy atom. The van der Waals surface area contributed by atoms with Gasteiger partial charge in [-0.1, -0.05) is 24.8 Å². The number of halogens is 6. The summed E-state index contributed by atoms with van der Waals surface area (Å²) < 4.78 is 99.9. The van der Waals surface area contributed by atoms with E-state index in [1.807, 2.05) is 0 Å². The Kier molecular flexibility index (Phi) is 5.45. The van der Waals surface area contributed by atoms with Gasteiger partial charge in [-0.3, -0.25) is 5.43 Å². The van der Waals surface area contributed by atoms with E-state index in [-0.39, 0.29) is 11.8 Å². The largest absolute Gasteiger partial charge is 0.420 e. The molecule has 0 saturated heterocycles. The van der Waals surface area contributed by atoms with Crippen molar-refractivity contribution in [1.29, 1.82) is 0 Å². The molecule has 5 nitrogen and oxygen atoms in total. The zero-order valence-electron chi connectivity index (χ0n) is 12.1. The maximum atomic E-state index is 12.7. The van der Waals surface area contributed by atoms with Crippen molar-refractivity contribution in [3.8, 4) is 0 Å². The lowest BCUT2D eigenvalue weighted by molar-refractivity contribution is -0.299. The minimum Gasteiger partial charge on any atom is -0.350 e. The molecule has 0 saturated carbocycles. The van der Waals surface area contributed by atoms with Crippen LogP contribution in [0.1, 0.15) is 6.92 Å². The van der Waals surface area contributed by atoms with Gasteiger partial charge in [0.1, 0.15) is 5.82 Å². The van der Waals surface area contributed by atoms with Crippen molar-refractivity contribution < 1.29 is 34.8 Å². The first-order valence-electron chi connectivity index (χ1n) is 6.14. The molecule has 0 amide bonds. The molecule has 1 aromatic rings. The number of nitrogens with one attached hydrogen (secondary N) is 3. The van der Waals surface area contributed by atoms with Gasteiger partial charge in [-0.25, -0.2) is 8.42 Å². The molecule has 0 spiro atoms. The molecule has 3 N–H and O–H groups in total. The predicted molar refractivity (Wildman–Crippen MR) is 72.7 cm³/mol. The van der Waals surface area contributed by atoms with Crippen LogP contribution in [0, 0.1) is 0 Å². The van der Waals surface area contributed by atoms with Crippen molar-refractivity contribution in [3.63, 3.8) is 0 Å². The van der Waals surface area contributed by atoms with Crippen LogP contribution >= 0.6 is 0 Å². The van der Waals surface area contributed by atoms with Gasteiger partial charge in [0.05, 0.1) is 4.90 Å². The fourth-order valence-electron chi connectivity index (χ4n) is 1.42. The van der Waals surface area contributed by atoms with Crippen molar-refractivity contribution >= 4 is 10.0 Å². The van der Waals surface area contributed by atoms with E-state index < -0.39 is 33.7 Å². The summed E-state index contributed by atoms with van der Waals surface area (Å²) in [6.07, 6.45) is -11.4. The first kappa shape index (κ1) is 20.1.